The lowest BCUT2D eigenvalue weighted by Crippen LogP contribution is -2.41. The van der Waals surface area contributed by atoms with Crippen LogP contribution in [0.2, 0.25) is 10.2 Å². The van der Waals surface area contributed by atoms with Crippen molar-refractivity contribution in [2.24, 2.45) is 0 Å². The van der Waals surface area contributed by atoms with Crippen LogP contribution in [-0.2, 0) is 6.54 Å². The molecule has 0 aromatic carbocycles. The van der Waals surface area contributed by atoms with Crippen LogP contribution in [-0.4, -0.2) is 48.0 Å². The van der Waals surface area contributed by atoms with Gasteiger partial charge < -0.3 is 4.90 Å². The third-order valence-electron chi connectivity index (χ3n) is 3.58. The molecule has 3 nitrogen and oxygen atoms in total. The van der Waals surface area contributed by atoms with Crippen molar-refractivity contribution in [3.05, 3.63) is 28.0 Å². The molecule has 0 aliphatic carbocycles. The second kappa shape index (κ2) is 6.20. The summed E-state index contributed by atoms with van der Waals surface area (Å²) in [5.41, 5.74) is 1.06. The number of hydrogen-bond acceptors (Lipinski definition) is 3. The molecule has 1 aliphatic heterocycles. The minimum absolute atomic E-state index is 0.454. The van der Waals surface area contributed by atoms with Gasteiger partial charge in [0, 0.05) is 29.4 Å². The van der Waals surface area contributed by atoms with E-state index in [0.717, 1.165) is 25.2 Å². The fourth-order valence-corrected chi connectivity index (χ4v) is 2.81. The van der Waals surface area contributed by atoms with Crippen LogP contribution >= 0.6 is 23.2 Å². The lowest BCUT2D eigenvalue weighted by molar-refractivity contribution is 0.140. The van der Waals surface area contributed by atoms with Crippen molar-refractivity contribution < 1.29 is 0 Å². The molecule has 0 radical (unpaired) electrons. The van der Waals surface area contributed by atoms with Crippen molar-refractivity contribution in [2.45, 2.75) is 25.4 Å². The minimum atomic E-state index is 0.454. The maximum atomic E-state index is 6.17. The molecule has 0 saturated carbocycles. The van der Waals surface area contributed by atoms with Crippen molar-refractivity contribution in [2.75, 3.05) is 27.2 Å². The molecule has 1 aromatic rings. The number of piperidine rings is 1. The molecule has 5 heteroatoms. The van der Waals surface area contributed by atoms with Gasteiger partial charge in [0.2, 0.25) is 0 Å². The summed E-state index contributed by atoms with van der Waals surface area (Å²) in [5.74, 6) is 0. The summed E-state index contributed by atoms with van der Waals surface area (Å²) >= 11 is 12.0. The number of rotatable bonds is 3. The summed E-state index contributed by atoms with van der Waals surface area (Å²) in [6.07, 6.45) is 4.21. The van der Waals surface area contributed by atoms with Gasteiger partial charge in [0.1, 0.15) is 5.15 Å². The molecule has 1 fully saturated rings. The van der Waals surface area contributed by atoms with Crippen LogP contribution in [0.1, 0.15) is 18.4 Å². The zero-order valence-electron chi connectivity index (χ0n) is 10.9. The molecule has 18 heavy (non-hydrogen) atoms. The summed E-state index contributed by atoms with van der Waals surface area (Å²) in [7, 11) is 4.31. The van der Waals surface area contributed by atoms with Crippen LogP contribution in [0.25, 0.3) is 0 Å². The van der Waals surface area contributed by atoms with E-state index in [2.05, 4.69) is 28.9 Å². The smallest absolute Gasteiger partial charge is 0.130 e. The summed E-state index contributed by atoms with van der Waals surface area (Å²) in [6, 6.07) is 2.42. The summed E-state index contributed by atoms with van der Waals surface area (Å²) in [5, 5.41) is 1.17. The van der Waals surface area contributed by atoms with Crippen molar-refractivity contribution in [1.29, 1.82) is 0 Å². The number of likely N-dealkylation sites (tertiary alicyclic amines) is 1. The van der Waals surface area contributed by atoms with Crippen molar-refractivity contribution in [3.8, 4) is 0 Å². The molecule has 1 aromatic heterocycles. The molecule has 0 unspecified atom stereocenters. The van der Waals surface area contributed by atoms with E-state index in [9.17, 15) is 0 Å². The molecule has 1 aliphatic rings. The molecule has 0 bridgehead atoms. The Morgan fingerprint density at radius 1 is 1.33 bits per heavy atom. The molecule has 1 saturated heterocycles. The van der Waals surface area contributed by atoms with Gasteiger partial charge in [-0.25, -0.2) is 4.98 Å². The first-order valence-electron chi connectivity index (χ1n) is 6.25. The highest BCUT2D eigenvalue weighted by atomic mass is 35.5. The van der Waals surface area contributed by atoms with Crippen LogP contribution in [0.3, 0.4) is 0 Å². The highest BCUT2D eigenvalue weighted by Gasteiger charge is 2.21. The average Bonchev–Trinajstić information content (AvgIpc) is 2.33. The lowest BCUT2D eigenvalue weighted by Gasteiger charge is -2.35. The van der Waals surface area contributed by atoms with Crippen LogP contribution in [0.15, 0.2) is 12.3 Å². The Morgan fingerprint density at radius 2 is 2.00 bits per heavy atom. The Bertz CT molecular complexity index is 401. The second-order valence-corrected chi connectivity index (χ2v) is 5.86. The van der Waals surface area contributed by atoms with Crippen LogP contribution in [0.4, 0.5) is 0 Å². The predicted octanol–water partition coefficient (Wildman–Crippen LogP) is 2.91. The van der Waals surface area contributed by atoms with Crippen molar-refractivity contribution >= 4 is 23.2 Å². The maximum absolute atomic E-state index is 6.17. The average molecular weight is 288 g/mol. The largest absolute Gasteiger partial charge is 0.306 e. The van der Waals surface area contributed by atoms with E-state index in [-0.39, 0.29) is 0 Å². The topological polar surface area (TPSA) is 19.4 Å². The Kier molecular flexibility index (Phi) is 4.84. The van der Waals surface area contributed by atoms with Gasteiger partial charge in [-0.05, 0) is 46.1 Å². The van der Waals surface area contributed by atoms with E-state index in [4.69, 9.17) is 23.2 Å². The van der Waals surface area contributed by atoms with E-state index < -0.39 is 0 Å². The quantitative estimate of drug-likeness (QED) is 0.797. The monoisotopic (exact) mass is 287 g/mol. The second-order valence-electron chi connectivity index (χ2n) is 5.07. The summed E-state index contributed by atoms with van der Waals surface area (Å²) in [6.45, 7) is 3.09. The first-order chi connectivity index (χ1) is 8.56. The van der Waals surface area contributed by atoms with Crippen LogP contribution < -0.4 is 0 Å². The van der Waals surface area contributed by atoms with Crippen molar-refractivity contribution in [3.63, 3.8) is 0 Å². The molecule has 0 atom stereocenters. The molecule has 2 heterocycles. The predicted molar refractivity (Wildman–Crippen MR) is 76.2 cm³/mol. The zero-order valence-corrected chi connectivity index (χ0v) is 12.4. The fourth-order valence-electron chi connectivity index (χ4n) is 2.39. The Balaban J connectivity index is 1.91. The van der Waals surface area contributed by atoms with E-state index in [1.165, 1.54) is 12.8 Å². The highest BCUT2D eigenvalue weighted by molar-refractivity contribution is 6.34. The number of halogens is 2. The molecule has 0 spiro atoms. The van der Waals surface area contributed by atoms with Gasteiger partial charge in [-0.15, -0.1) is 0 Å². The van der Waals surface area contributed by atoms with Gasteiger partial charge in [-0.2, -0.15) is 0 Å². The van der Waals surface area contributed by atoms with Crippen molar-refractivity contribution in [1.82, 2.24) is 14.8 Å². The SMILES string of the molecule is CN(C)C1CCN(Cc2cnc(Cl)cc2Cl)CC1. The number of nitrogens with zero attached hydrogens (tertiary/aromatic N) is 3. The lowest BCUT2D eigenvalue weighted by atomic mass is 10.0. The van der Waals surface area contributed by atoms with Gasteiger partial charge in [0.05, 0.1) is 0 Å². The van der Waals surface area contributed by atoms with Gasteiger partial charge in [-0.1, -0.05) is 23.2 Å². The minimum Gasteiger partial charge on any atom is -0.306 e. The van der Waals surface area contributed by atoms with E-state index >= 15 is 0 Å². The Morgan fingerprint density at radius 3 is 2.56 bits per heavy atom. The van der Waals surface area contributed by atoms with Gasteiger partial charge in [0.15, 0.2) is 0 Å². The fraction of sp³-hybridized carbons (Fsp3) is 0.615. The van der Waals surface area contributed by atoms with Gasteiger partial charge >= 0.3 is 0 Å². The number of pyridine rings is 1. The molecular weight excluding hydrogens is 269 g/mol. The number of aromatic nitrogens is 1. The van der Waals surface area contributed by atoms with Crippen LogP contribution in [0, 0.1) is 0 Å². The summed E-state index contributed by atoms with van der Waals surface area (Å²) < 4.78 is 0. The van der Waals surface area contributed by atoms with Gasteiger partial charge in [0.25, 0.3) is 0 Å². The molecule has 0 N–H and O–H groups in total. The Labute approximate surface area is 119 Å². The van der Waals surface area contributed by atoms with Gasteiger partial charge in [-0.3, -0.25) is 4.90 Å². The molecular formula is C13H19Cl2N3. The Hall–Kier alpha value is -0.350. The van der Waals surface area contributed by atoms with E-state index in [1.807, 2.05) is 0 Å². The first-order valence-corrected chi connectivity index (χ1v) is 7.00. The standard InChI is InChI=1S/C13H19Cl2N3/c1-17(2)11-3-5-18(6-4-11)9-10-8-16-13(15)7-12(10)14/h7-8,11H,3-6,9H2,1-2H3. The zero-order chi connectivity index (χ0) is 13.1. The third kappa shape index (κ3) is 3.58. The number of hydrogen-bond donors (Lipinski definition) is 0. The molecule has 100 valence electrons. The third-order valence-corrected chi connectivity index (χ3v) is 4.14. The van der Waals surface area contributed by atoms with E-state index in [0.29, 0.717) is 16.2 Å². The first kappa shape index (κ1) is 14.1. The molecule has 2 rings (SSSR count). The summed E-state index contributed by atoms with van der Waals surface area (Å²) in [4.78, 5) is 8.84. The highest BCUT2D eigenvalue weighted by Crippen LogP contribution is 2.22. The maximum Gasteiger partial charge on any atom is 0.130 e. The van der Waals surface area contributed by atoms with Crippen LogP contribution in [0.5, 0.6) is 0 Å². The van der Waals surface area contributed by atoms with E-state index in [1.54, 1.807) is 12.3 Å². The normalized spacial score (nSPS) is 18.5. The molecule has 0 amide bonds.